The van der Waals surface area contributed by atoms with Crippen LogP contribution in [0.2, 0.25) is 0 Å². The molecule has 0 bridgehead atoms. The number of fused-ring (bicyclic) bond motifs is 1. The maximum absolute atomic E-state index is 4.97. The fraction of sp³-hybridized carbons (Fsp3) is 0.278. The van der Waals surface area contributed by atoms with E-state index < -0.39 is 0 Å². The van der Waals surface area contributed by atoms with Crippen molar-refractivity contribution in [2.24, 2.45) is 4.99 Å². The van der Waals surface area contributed by atoms with Crippen LogP contribution in [0, 0.1) is 0 Å². The molecule has 2 aromatic carbocycles. The molecule has 4 atom stereocenters. The molecule has 1 fully saturated rings. The molecule has 20 heavy (non-hydrogen) atoms. The molecule has 2 heterocycles. The second kappa shape index (κ2) is 4.03. The van der Waals surface area contributed by atoms with Crippen molar-refractivity contribution >= 4 is 5.71 Å². The minimum Gasteiger partial charge on any atom is -0.287 e. The molecule has 0 amide bonds. The molecule has 2 nitrogen and oxygen atoms in total. The van der Waals surface area contributed by atoms with Crippen LogP contribution < -0.4 is 4.90 Å². The number of nitrogens with zero attached hydrogens (tertiary/aromatic N) is 1. The average molecular weight is 263 g/mol. The SMILES string of the molecule is C[C@@H]1N=C(c2ccccc2)[C@]2(c3ccccc3)[C@H](C)[NH+]12. The minimum atomic E-state index is 0.0715. The van der Waals surface area contributed by atoms with Gasteiger partial charge in [-0.3, -0.25) is 4.90 Å². The molecule has 0 saturated carbocycles. The number of aliphatic imine (C=N–C) groups is 1. The van der Waals surface area contributed by atoms with Crippen molar-refractivity contribution in [1.82, 2.24) is 0 Å². The Balaban J connectivity index is 1.88. The zero-order valence-electron chi connectivity index (χ0n) is 11.9. The Morgan fingerprint density at radius 1 is 0.900 bits per heavy atom. The van der Waals surface area contributed by atoms with Gasteiger partial charge in [0.05, 0.1) is 0 Å². The van der Waals surface area contributed by atoms with E-state index in [1.807, 2.05) is 0 Å². The zero-order chi connectivity index (χ0) is 13.7. The highest BCUT2D eigenvalue weighted by atomic mass is 15.5. The van der Waals surface area contributed by atoms with Gasteiger partial charge in [0.2, 0.25) is 5.54 Å². The number of hydrogen-bond acceptors (Lipinski definition) is 1. The van der Waals surface area contributed by atoms with Crippen LogP contribution in [-0.2, 0) is 5.54 Å². The smallest absolute Gasteiger partial charge is 0.220 e. The van der Waals surface area contributed by atoms with E-state index in [2.05, 4.69) is 74.5 Å². The highest BCUT2D eigenvalue weighted by molar-refractivity contribution is 6.09. The summed E-state index contributed by atoms with van der Waals surface area (Å²) in [6.45, 7) is 4.57. The number of benzene rings is 2. The van der Waals surface area contributed by atoms with Crippen LogP contribution in [0.3, 0.4) is 0 Å². The van der Waals surface area contributed by atoms with E-state index in [4.69, 9.17) is 4.99 Å². The molecule has 0 radical (unpaired) electrons. The van der Waals surface area contributed by atoms with Crippen molar-refractivity contribution in [2.75, 3.05) is 0 Å². The van der Waals surface area contributed by atoms with Crippen LogP contribution in [0.4, 0.5) is 0 Å². The van der Waals surface area contributed by atoms with Crippen molar-refractivity contribution in [1.29, 1.82) is 0 Å². The Hall–Kier alpha value is -1.93. The van der Waals surface area contributed by atoms with Gasteiger partial charge in [-0.15, -0.1) is 0 Å². The van der Waals surface area contributed by atoms with Gasteiger partial charge >= 0.3 is 0 Å². The molecule has 1 saturated heterocycles. The third-order valence-corrected chi connectivity index (χ3v) is 4.91. The third kappa shape index (κ3) is 1.35. The van der Waals surface area contributed by atoms with Gasteiger partial charge in [-0.2, -0.15) is 0 Å². The number of quaternary nitrogens is 1. The van der Waals surface area contributed by atoms with Crippen LogP contribution in [0.5, 0.6) is 0 Å². The Morgan fingerprint density at radius 3 is 2.10 bits per heavy atom. The molecule has 0 aliphatic carbocycles. The highest BCUT2D eigenvalue weighted by Gasteiger charge is 2.75. The quantitative estimate of drug-likeness (QED) is 0.798. The molecule has 100 valence electrons. The summed E-state index contributed by atoms with van der Waals surface area (Å²) < 4.78 is 0. The van der Waals surface area contributed by atoms with E-state index in [9.17, 15) is 0 Å². The Labute approximate surface area is 119 Å². The summed E-state index contributed by atoms with van der Waals surface area (Å²) in [4.78, 5) is 6.55. The summed E-state index contributed by atoms with van der Waals surface area (Å²) in [6, 6.07) is 22.1. The normalized spacial score (nSPS) is 34.5. The molecule has 2 aliphatic heterocycles. The summed E-state index contributed by atoms with van der Waals surface area (Å²) in [5.41, 5.74) is 4.00. The van der Waals surface area contributed by atoms with Crippen molar-refractivity contribution in [3.05, 3.63) is 71.8 Å². The standard InChI is InChI=1S/C18H18N2/c1-13-18(16-11-7-4-8-12-16)17(19-14(2)20(13)18)15-9-5-3-6-10-15/h3-14H,1-2H3/p+1/t13-,14+,18+,20?/m0/s1. The van der Waals surface area contributed by atoms with Crippen molar-refractivity contribution in [3.8, 4) is 0 Å². The summed E-state index contributed by atoms with van der Waals surface area (Å²) in [6.07, 6.45) is 0.348. The van der Waals surface area contributed by atoms with Gasteiger partial charge in [0.1, 0.15) is 5.71 Å². The fourth-order valence-corrected chi connectivity index (χ4v) is 4.06. The maximum Gasteiger partial charge on any atom is 0.220 e. The molecular weight excluding hydrogens is 244 g/mol. The fourth-order valence-electron chi connectivity index (χ4n) is 4.06. The molecule has 0 aromatic heterocycles. The van der Waals surface area contributed by atoms with E-state index in [-0.39, 0.29) is 5.54 Å². The Morgan fingerprint density at radius 2 is 1.50 bits per heavy atom. The van der Waals surface area contributed by atoms with Gasteiger partial charge in [-0.25, -0.2) is 4.99 Å². The van der Waals surface area contributed by atoms with Gasteiger partial charge < -0.3 is 0 Å². The summed E-state index contributed by atoms with van der Waals surface area (Å²) in [5.74, 6) is 0. The van der Waals surface area contributed by atoms with Gasteiger partial charge in [0, 0.05) is 18.1 Å². The first-order chi connectivity index (χ1) is 9.76. The summed E-state index contributed by atoms with van der Waals surface area (Å²) in [7, 11) is 0. The van der Waals surface area contributed by atoms with E-state index in [0.717, 1.165) is 0 Å². The average Bonchev–Trinajstić information content (AvgIpc) is 2.99. The van der Waals surface area contributed by atoms with Crippen molar-refractivity contribution < 1.29 is 4.90 Å². The number of nitrogens with one attached hydrogen (secondary N) is 1. The van der Waals surface area contributed by atoms with Gasteiger partial charge in [-0.05, 0) is 6.92 Å². The van der Waals surface area contributed by atoms with E-state index in [1.165, 1.54) is 16.8 Å². The predicted molar refractivity (Wildman–Crippen MR) is 81.0 cm³/mol. The van der Waals surface area contributed by atoms with Gasteiger partial charge in [-0.1, -0.05) is 60.7 Å². The third-order valence-electron chi connectivity index (χ3n) is 4.91. The molecule has 1 unspecified atom stereocenters. The van der Waals surface area contributed by atoms with E-state index in [0.29, 0.717) is 12.2 Å². The zero-order valence-corrected chi connectivity index (χ0v) is 11.9. The van der Waals surface area contributed by atoms with E-state index >= 15 is 0 Å². The lowest BCUT2D eigenvalue weighted by Gasteiger charge is -2.11. The number of hydrogen-bond donors (Lipinski definition) is 1. The summed E-state index contributed by atoms with van der Waals surface area (Å²) >= 11 is 0. The molecule has 4 rings (SSSR count). The Kier molecular flexibility index (Phi) is 2.39. The van der Waals surface area contributed by atoms with Crippen LogP contribution >= 0.6 is 0 Å². The molecule has 2 aliphatic rings. The predicted octanol–water partition coefficient (Wildman–Crippen LogP) is 2.02. The highest BCUT2D eigenvalue weighted by Crippen LogP contribution is 2.39. The lowest BCUT2D eigenvalue weighted by Crippen LogP contribution is -3.00. The van der Waals surface area contributed by atoms with Crippen molar-refractivity contribution in [2.45, 2.75) is 31.6 Å². The minimum absolute atomic E-state index is 0.0715. The topological polar surface area (TPSA) is 16.8 Å². The monoisotopic (exact) mass is 263 g/mol. The Bertz CT molecular complexity index is 662. The van der Waals surface area contributed by atoms with Crippen LogP contribution in [-0.4, -0.2) is 17.9 Å². The molecule has 2 heteroatoms. The van der Waals surface area contributed by atoms with Crippen LogP contribution in [0.15, 0.2) is 65.7 Å². The first-order valence-electron chi connectivity index (χ1n) is 7.32. The summed E-state index contributed by atoms with van der Waals surface area (Å²) in [5, 5.41) is 0. The van der Waals surface area contributed by atoms with Gasteiger partial charge in [0.15, 0.2) is 12.2 Å². The molecule has 0 spiro atoms. The first-order valence-corrected chi connectivity index (χ1v) is 7.32. The van der Waals surface area contributed by atoms with Crippen LogP contribution in [0.1, 0.15) is 25.0 Å². The van der Waals surface area contributed by atoms with Crippen molar-refractivity contribution in [3.63, 3.8) is 0 Å². The number of rotatable bonds is 2. The van der Waals surface area contributed by atoms with Gasteiger partial charge in [0.25, 0.3) is 0 Å². The molecule has 1 N–H and O–H groups in total. The second-order valence-corrected chi connectivity index (χ2v) is 5.87. The van der Waals surface area contributed by atoms with Crippen LogP contribution in [0.25, 0.3) is 0 Å². The molecular formula is C18H19N2+. The van der Waals surface area contributed by atoms with E-state index in [1.54, 1.807) is 4.90 Å². The molecule has 2 aromatic rings. The maximum atomic E-state index is 4.97. The largest absolute Gasteiger partial charge is 0.287 e. The lowest BCUT2D eigenvalue weighted by molar-refractivity contribution is -0.821. The second-order valence-electron chi connectivity index (χ2n) is 5.87. The first kappa shape index (κ1) is 11.9. The lowest BCUT2D eigenvalue weighted by atomic mass is 9.87.